The number of hydrogen-bond acceptors (Lipinski definition) is 2. The third-order valence-corrected chi connectivity index (χ3v) is 4.44. The number of benzene rings is 1. The Bertz CT molecular complexity index is 423. The molecule has 2 nitrogen and oxygen atoms in total. The van der Waals surface area contributed by atoms with Crippen molar-refractivity contribution in [1.29, 1.82) is 0 Å². The molecule has 0 spiro atoms. The highest BCUT2D eigenvalue weighted by atomic mass is 19.1. The van der Waals surface area contributed by atoms with Gasteiger partial charge < -0.3 is 10.1 Å². The number of ether oxygens (including phenoxy) is 1. The van der Waals surface area contributed by atoms with Gasteiger partial charge in [0.15, 0.2) is 0 Å². The Morgan fingerprint density at radius 1 is 1.39 bits per heavy atom. The van der Waals surface area contributed by atoms with Gasteiger partial charge in [0.1, 0.15) is 5.82 Å². The van der Waals surface area contributed by atoms with E-state index in [0.717, 1.165) is 18.4 Å². The Hall–Kier alpha value is -0.930. The minimum atomic E-state index is -0.0955. The van der Waals surface area contributed by atoms with Gasteiger partial charge in [-0.2, -0.15) is 0 Å². The molecule has 1 aromatic carbocycles. The maximum absolute atomic E-state index is 13.7. The van der Waals surface area contributed by atoms with E-state index in [4.69, 9.17) is 4.74 Å². The average Bonchev–Trinajstić information content (AvgIpc) is 3.00. The lowest BCUT2D eigenvalue weighted by Crippen LogP contribution is -2.40. The summed E-state index contributed by atoms with van der Waals surface area (Å²) in [5, 5.41) is 3.36. The summed E-state index contributed by atoms with van der Waals surface area (Å²) in [7, 11) is 1.97. The number of rotatable bonds is 4. The van der Waals surface area contributed by atoms with Crippen molar-refractivity contribution < 1.29 is 9.13 Å². The fourth-order valence-electron chi connectivity index (χ4n) is 3.47. The minimum Gasteiger partial charge on any atom is -0.375 e. The van der Waals surface area contributed by atoms with Crippen molar-refractivity contribution in [2.24, 2.45) is 5.92 Å². The van der Waals surface area contributed by atoms with Crippen molar-refractivity contribution in [2.75, 3.05) is 7.05 Å². The Balaban J connectivity index is 1.72. The quantitative estimate of drug-likeness (QED) is 0.885. The third-order valence-electron chi connectivity index (χ3n) is 4.44. The van der Waals surface area contributed by atoms with Crippen molar-refractivity contribution in [3.05, 3.63) is 35.6 Å². The molecule has 4 unspecified atom stereocenters. The van der Waals surface area contributed by atoms with Gasteiger partial charge in [-0.05, 0) is 44.4 Å². The highest BCUT2D eigenvalue weighted by Crippen LogP contribution is 2.41. The first kappa shape index (κ1) is 12.1. The summed E-state index contributed by atoms with van der Waals surface area (Å²) in [5.41, 5.74) is 0.805. The van der Waals surface area contributed by atoms with Gasteiger partial charge in [-0.15, -0.1) is 0 Å². The molecule has 18 heavy (non-hydrogen) atoms. The predicted molar refractivity (Wildman–Crippen MR) is 69.0 cm³/mol. The van der Waals surface area contributed by atoms with E-state index in [1.807, 2.05) is 19.2 Å². The van der Waals surface area contributed by atoms with Gasteiger partial charge in [0.2, 0.25) is 0 Å². The van der Waals surface area contributed by atoms with Crippen LogP contribution in [0.25, 0.3) is 0 Å². The molecule has 0 saturated carbocycles. The number of fused-ring (bicyclic) bond motifs is 2. The Morgan fingerprint density at radius 2 is 2.22 bits per heavy atom. The summed E-state index contributed by atoms with van der Waals surface area (Å²) in [4.78, 5) is 0. The second-order valence-electron chi connectivity index (χ2n) is 5.46. The maximum Gasteiger partial charge on any atom is 0.126 e. The van der Waals surface area contributed by atoms with E-state index < -0.39 is 0 Å². The van der Waals surface area contributed by atoms with E-state index in [9.17, 15) is 4.39 Å². The summed E-state index contributed by atoms with van der Waals surface area (Å²) in [6.45, 7) is 0. The largest absolute Gasteiger partial charge is 0.375 e. The number of likely N-dealkylation sites (N-methyl/N-ethyl adjacent to an activating group) is 1. The van der Waals surface area contributed by atoms with Crippen molar-refractivity contribution in [1.82, 2.24) is 5.32 Å². The summed E-state index contributed by atoms with van der Waals surface area (Å²) in [6.07, 6.45) is 5.10. The van der Waals surface area contributed by atoms with Gasteiger partial charge in [0.05, 0.1) is 12.2 Å². The van der Waals surface area contributed by atoms with Crippen LogP contribution in [0.1, 0.15) is 24.8 Å². The van der Waals surface area contributed by atoms with E-state index in [0.29, 0.717) is 24.2 Å². The minimum absolute atomic E-state index is 0.0955. The molecule has 3 heteroatoms. The molecule has 2 aliphatic heterocycles. The zero-order valence-corrected chi connectivity index (χ0v) is 10.7. The zero-order chi connectivity index (χ0) is 12.5. The van der Waals surface area contributed by atoms with Crippen LogP contribution in [-0.2, 0) is 11.2 Å². The van der Waals surface area contributed by atoms with Gasteiger partial charge in [0, 0.05) is 12.0 Å². The third kappa shape index (κ3) is 2.17. The van der Waals surface area contributed by atoms with Crippen LogP contribution in [0.4, 0.5) is 4.39 Å². The standard InChI is InChI=1S/C15H20FNO/c1-17-14(8-10-4-2-3-5-13(10)16)12-9-11-6-7-15(12)18-11/h2-5,11-12,14-15,17H,6-9H2,1H3. The first-order chi connectivity index (χ1) is 8.78. The van der Waals surface area contributed by atoms with Crippen LogP contribution < -0.4 is 5.32 Å². The van der Waals surface area contributed by atoms with E-state index >= 15 is 0 Å². The molecule has 3 rings (SSSR count). The topological polar surface area (TPSA) is 21.3 Å². The lowest BCUT2D eigenvalue weighted by Gasteiger charge is -2.28. The fourth-order valence-corrected chi connectivity index (χ4v) is 3.47. The molecule has 2 bridgehead atoms. The van der Waals surface area contributed by atoms with Crippen LogP contribution in [0.2, 0.25) is 0 Å². The number of nitrogens with one attached hydrogen (secondary N) is 1. The highest BCUT2D eigenvalue weighted by molar-refractivity contribution is 5.19. The molecule has 2 fully saturated rings. The SMILES string of the molecule is CNC(Cc1ccccc1F)C1CC2CCC1O2. The molecule has 0 aromatic heterocycles. The van der Waals surface area contributed by atoms with E-state index in [2.05, 4.69) is 5.32 Å². The molecule has 2 saturated heterocycles. The summed E-state index contributed by atoms with van der Waals surface area (Å²) in [5.74, 6) is 0.440. The molecule has 2 aliphatic rings. The number of hydrogen-bond donors (Lipinski definition) is 1. The second-order valence-corrected chi connectivity index (χ2v) is 5.46. The van der Waals surface area contributed by atoms with Gasteiger partial charge in [-0.25, -0.2) is 4.39 Å². The molecular weight excluding hydrogens is 229 g/mol. The monoisotopic (exact) mass is 249 g/mol. The maximum atomic E-state index is 13.7. The normalized spacial score (nSPS) is 31.8. The van der Waals surface area contributed by atoms with Gasteiger partial charge in [-0.1, -0.05) is 18.2 Å². The Morgan fingerprint density at radius 3 is 2.83 bits per heavy atom. The van der Waals surface area contributed by atoms with Gasteiger partial charge >= 0.3 is 0 Å². The van der Waals surface area contributed by atoms with Crippen molar-refractivity contribution >= 4 is 0 Å². The summed E-state index contributed by atoms with van der Waals surface area (Å²) in [6, 6.07) is 7.39. The molecule has 0 amide bonds. The number of halogens is 1. The van der Waals surface area contributed by atoms with E-state index in [1.54, 1.807) is 12.1 Å². The van der Waals surface area contributed by atoms with Gasteiger partial charge in [0.25, 0.3) is 0 Å². The Labute approximate surface area is 108 Å². The average molecular weight is 249 g/mol. The first-order valence-corrected chi connectivity index (χ1v) is 6.84. The van der Waals surface area contributed by atoms with Crippen molar-refractivity contribution in [3.8, 4) is 0 Å². The van der Waals surface area contributed by atoms with Crippen LogP contribution in [0.3, 0.4) is 0 Å². The lowest BCUT2D eigenvalue weighted by molar-refractivity contribution is 0.0862. The van der Waals surface area contributed by atoms with Crippen LogP contribution in [0.5, 0.6) is 0 Å². The molecule has 1 aromatic rings. The second kappa shape index (κ2) is 4.98. The molecule has 0 radical (unpaired) electrons. The smallest absolute Gasteiger partial charge is 0.126 e. The molecule has 0 aliphatic carbocycles. The van der Waals surface area contributed by atoms with Crippen LogP contribution in [0.15, 0.2) is 24.3 Å². The lowest BCUT2D eigenvalue weighted by atomic mass is 9.81. The summed E-state index contributed by atoms with van der Waals surface area (Å²) < 4.78 is 19.6. The fraction of sp³-hybridized carbons (Fsp3) is 0.600. The van der Waals surface area contributed by atoms with Crippen LogP contribution in [0, 0.1) is 11.7 Å². The van der Waals surface area contributed by atoms with Gasteiger partial charge in [-0.3, -0.25) is 0 Å². The Kier molecular flexibility index (Phi) is 3.35. The molecule has 4 atom stereocenters. The van der Waals surface area contributed by atoms with E-state index in [-0.39, 0.29) is 5.82 Å². The van der Waals surface area contributed by atoms with Crippen LogP contribution in [-0.4, -0.2) is 25.3 Å². The zero-order valence-electron chi connectivity index (χ0n) is 10.7. The predicted octanol–water partition coefficient (Wildman–Crippen LogP) is 2.52. The summed E-state index contributed by atoms with van der Waals surface area (Å²) >= 11 is 0. The molecule has 2 heterocycles. The highest BCUT2D eigenvalue weighted by Gasteiger charge is 2.43. The molecule has 98 valence electrons. The van der Waals surface area contributed by atoms with E-state index in [1.165, 1.54) is 12.8 Å². The molecular formula is C15H20FNO. The first-order valence-electron chi connectivity index (χ1n) is 6.84. The van der Waals surface area contributed by atoms with Crippen molar-refractivity contribution in [3.63, 3.8) is 0 Å². The van der Waals surface area contributed by atoms with Crippen molar-refractivity contribution in [2.45, 2.75) is 43.9 Å². The van der Waals surface area contributed by atoms with Crippen LogP contribution >= 0.6 is 0 Å². The molecule has 1 N–H and O–H groups in total.